The van der Waals surface area contributed by atoms with Gasteiger partial charge in [0.15, 0.2) is 0 Å². The molecule has 1 aliphatic carbocycles. The van der Waals surface area contributed by atoms with E-state index in [1.807, 2.05) is 18.2 Å². The van der Waals surface area contributed by atoms with Gasteiger partial charge in [0.25, 0.3) is 0 Å². The summed E-state index contributed by atoms with van der Waals surface area (Å²) in [5.41, 5.74) is 0.841. The van der Waals surface area contributed by atoms with Crippen molar-refractivity contribution in [3.63, 3.8) is 0 Å². The van der Waals surface area contributed by atoms with E-state index < -0.39 is 18.0 Å². The van der Waals surface area contributed by atoms with Crippen LogP contribution in [0.1, 0.15) is 37.3 Å². The molecule has 3 atom stereocenters. The average molecular weight is 411 g/mol. The van der Waals surface area contributed by atoms with Crippen LogP contribution in [0.5, 0.6) is 0 Å². The smallest absolute Gasteiger partial charge is 0.333 e. The SMILES string of the molecule is Cl.O=C(C1CCCC(C(F)(F)F)C1)N1CCNCC1c1ccccc1Cl. The Kier molecular flexibility index (Phi) is 7.22. The van der Waals surface area contributed by atoms with Gasteiger partial charge in [-0.25, -0.2) is 0 Å². The highest BCUT2D eigenvalue weighted by Gasteiger charge is 2.45. The van der Waals surface area contributed by atoms with Gasteiger partial charge >= 0.3 is 6.18 Å². The molecule has 8 heteroatoms. The first-order chi connectivity index (χ1) is 11.9. The molecule has 1 aromatic rings. The number of rotatable bonds is 2. The largest absolute Gasteiger partial charge is 0.391 e. The minimum Gasteiger partial charge on any atom is -0.333 e. The molecule has 1 heterocycles. The maximum atomic E-state index is 13.1. The number of carbonyl (C=O) groups is 1. The molecule has 3 nitrogen and oxygen atoms in total. The fraction of sp³-hybridized carbons (Fsp3) is 0.611. The van der Waals surface area contributed by atoms with Crippen molar-refractivity contribution in [1.29, 1.82) is 0 Å². The van der Waals surface area contributed by atoms with Crippen molar-refractivity contribution in [3.05, 3.63) is 34.9 Å². The van der Waals surface area contributed by atoms with Crippen molar-refractivity contribution in [2.24, 2.45) is 11.8 Å². The molecule has 146 valence electrons. The Morgan fingerprint density at radius 2 is 1.96 bits per heavy atom. The molecule has 1 saturated carbocycles. The lowest BCUT2D eigenvalue weighted by Crippen LogP contribution is -2.51. The van der Waals surface area contributed by atoms with Crippen molar-refractivity contribution in [2.75, 3.05) is 19.6 Å². The maximum Gasteiger partial charge on any atom is 0.391 e. The number of hydrogen-bond acceptors (Lipinski definition) is 2. The lowest BCUT2D eigenvalue weighted by atomic mass is 9.80. The van der Waals surface area contributed by atoms with Gasteiger partial charge in [-0.3, -0.25) is 4.79 Å². The third kappa shape index (κ3) is 4.65. The van der Waals surface area contributed by atoms with E-state index >= 15 is 0 Å². The first-order valence-corrected chi connectivity index (χ1v) is 9.08. The Hall–Kier alpha value is -0.980. The molecule has 2 aliphatic rings. The summed E-state index contributed by atoms with van der Waals surface area (Å²) in [5.74, 6) is -2.08. The molecule has 1 amide bonds. The molecular formula is C18H23Cl2F3N2O. The molecule has 0 spiro atoms. The van der Waals surface area contributed by atoms with Crippen molar-refractivity contribution >= 4 is 29.9 Å². The monoisotopic (exact) mass is 410 g/mol. The second kappa shape index (κ2) is 8.81. The topological polar surface area (TPSA) is 32.3 Å². The molecule has 0 radical (unpaired) electrons. The third-order valence-electron chi connectivity index (χ3n) is 5.28. The van der Waals surface area contributed by atoms with Crippen molar-refractivity contribution < 1.29 is 18.0 Å². The summed E-state index contributed by atoms with van der Waals surface area (Å²) in [6.07, 6.45) is -3.21. The molecule has 26 heavy (non-hydrogen) atoms. The summed E-state index contributed by atoms with van der Waals surface area (Å²) in [7, 11) is 0. The number of piperazine rings is 1. The van der Waals surface area contributed by atoms with Crippen molar-refractivity contribution in [2.45, 2.75) is 37.9 Å². The van der Waals surface area contributed by atoms with E-state index in [-0.39, 0.29) is 37.2 Å². The van der Waals surface area contributed by atoms with E-state index in [9.17, 15) is 18.0 Å². The Bertz CT molecular complexity index is 627. The zero-order valence-corrected chi connectivity index (χ0v) is 15.8. The van der Waals surface area contributed by atoms with Crippen LogP contribution in [0.25, 0.3) is 0 Å². The number of nitrogens with one attached hydrogen (secondary N) is 1. The van der Waals surface area contributed by atoms with Crippen molar-refractivity contribution in [3.8, 4) is 0 Å². The molecular weight excluding hydrogens is 388 g/mol. The number of halogens is 5. The van der Waals surface area contributed by atoms with Crippen LogP contribution in [0.2, 0.25) is 5.02 Å². The van der Waals surface area contributed by atoms with Gasteiger partial charge in [-0.1, -0.05) is 36.2 Å². The third-order valence-corrected chi connectivity index (χ3v) is 5.62. The molecule has 0 bridgehead atoms. The predicted molar refractivity (Wildman–Crippen MR) is 97.5 cm³/mol. The van der Waals surface area contributed by atoms with Crippen LogP contribution in [0.4, 0.5) is 13.2 Å². The van der Waals surface area contributed by atoms with Gasteiger partial charge in [-0.05, 0) is 30.9 Å². The van der Waals surface area contributed by atoms with Crippen LogP contribution in [-0.4, -0.2) is 36.6 Å². The van der Waals surface area contributed by atoms with Crippen LogP contribution in [0.15, 0.2) is 24.3 Å². The Balaban J connectivity index is 0.00000243. The lowest BCUT2D eigenvalue weighted by molar-refractivity contribution is -0.187. The maximum absolute atomic E-state index is 13.1. The number of benzene rings is 1. The minimum absolute atomic E-state index is 0. The number of alkyl halides is 3. The van der Waals surface area contributed by atoms with Crippen molar-refractivity contribution in [1.82, 2.24) is 10.2 Å². The van der Waals surface area contributed by atoms with Gasteiger partial charge in [0.1, 0.15) is 0 Å². The predicted octanol–water partition coefficient (Wildman–Crippen LogP) is 4.60. The van der Waals surface area contributed by atoms with E-state index in [0.29, 0.717) is 37.5 Å². The molecule has 1 aromatic carbocycles. The fourth-order valence-corrected chi connectivity index (χ4v) is 4.20. The lowest BCUT2D eigenvalue weighted by Gasteiger charge is -2.40. The minimum atomic E-state index is -4.22. The average Bonchev–Trinajstić information content (AvgIpc) is 2.61. The van der Waals surface area contributed by atoms with E-state index in [1.54, 1.807) is 11.0 Å². The molecule has 0 aromatic heterocycles. The Morgan fingerprint density at radius 3 is 2.65 bits per heavy atom. The van der Waals surface area contributed by atoms with E-state index in [1.165, 1.54) is 0 Å². The number of amides is 1. The summed E-state index contributed by atoms with van der Waals surface area (Å²) in [6.45, 7) is 1.69. The van der Waals surface area contributed by atoms with Crippen LogP contribution >= 0.6 is 24.0 Å². The second-order valence-electron chi connectivity index (χ2n) is 6.88. The molecule has 1 N–H and O–H groups in total. The second-order valence-corrected chi connectivity index (χ2v) is 7.28. The van der Waals surface area contributed by atoms with Gasteiger partial charge < -0.3 is 10.2 Å². The van der Waals surface area contributed by atoms with Gasteiger partial charge in [0.2, 0.25) is 5.91 Å². The number of nitrogens with zero attached hydrogens (tertiary/aromatic N) is 1. The summed E-state index contributed by atoms with van der Waals surface area (Å²) >= 11 is 6.28. The molecule has 1 saturated heterocycles. The highest BCUT2D eigenvalue weighted by atomic mass is 35.5. The van der Waals surface area contributed by atoms with Crippen LogP contribution in [-0.2, 0) is 4.79 Å². The highest BCUT2D eigenvalue weighted by Crippen LogP contribution is 2.41. The van der Waals surface area contributed by atoms with Gasteiger partial charge in [0.05, 0.1) is 12.0 Å². The normalized spacial score (nSPS) is 26.9. The standard InChI is InChI=1S/C18H22ClF3N2O.ClH/c19-15-7-2-1-6-14(15)16-11-23-8-9-24(16)17(25)12-4-3-5-13(10-12)18(20,21)22;/h1-2,6-7,12-13,16,23H,3-5,8-11H2;1H. The zero-order valence-electron chi connectivity index (χ0n) is 14.3. The summed E-state index contributed by atoms with van der Waals surface area (Å²) < 4.78 is 39.2. The summed E-state index contributed by atoms with van der Waals surface area (Å²) in [4.78, 5) is 14.7. The van der Waals surface area contributed by atoms with E-state index in [0.717, 1.165) is 5.56 Å². The molecule has 2 fully saturated rings. The Morgan fingerprint density at radius 1 is 1.23 bits per heavy atom. The first kappa shape index (κ1) is 21.3. The molecule has 3 unspecified atom stereocenters. The first-order valence-electron chi connectivity index (χ1n) is 8.70. The fourth-order valence-electron chi connectivity index (χ4n) is 3.94. The Labute approximate surface area is 162 Å². The van der Waals surface area contributed by atoms with Crippen LogP contribution in [0, 0.1) is 11.8 Å². The van der Waals surface area contributed by atoms with Gasteiger partial charge in [-0.15, -0.1) is 12.4 Å². The summed E-state index contributed by atoms with van der Waals surface area (Å²) in [6, 6.07) is 7.09. The highest BCUT2D eigenvalue weighted by molar-refractivity contribution is 6.31. The quantitative estimate of drug-likeness (QED) is 0.772. The number of hydrogen-bond donors (Lipinski definition) is 1. The molecule has 1 aliphatic heterocycles. The van der Waals surface area contributed by atoms with E-state index in [4.69, 9.17) is 11.6 Å². The van der Waals surface area contributed by atoms with E-state index in [2.05, 4.69) is 5.32 Å². The number of carbonyl (C=O) groups excluding carboxylic acids is 1. The zero-order chi connectivity index (χ0) is 18.0. The van der Waals surface area contributed by atoms with Gasteiger partial charge in [-0.2, -0.15) is 13.2 Å². The molecule has 3 rings (SSSR count). The van der Waals surface area contributed by atoms with Crippen LogP contribution in [0.3, 0.4) is 0 Å². The summed E-state index contributed by atoms with van der Waals surface area (Å²) in [5, 5.41) is 3.82. The van der Waals surface area contributed by atoms with Crippen LogP contribution < -0.4 is 5.32 Å². The van der Waals surface area contributed by atoms with Gasteiger partial charge in [0, 0.05) is 30.6 Å².